The number of hydrogen-bond acceptors (Lipinski definition) is 2. The van der Waals surface area contributed by atoms with Crippen molar-refractivity contribution < 1.29 is 9.90 Å². The van der Waals surface area contributed by atoms with Crippen LogP contribution in [0.2, 0.25) is 5.02 Å². The van der Waals surface area contributed by atoms with Gasteiger partial charge in [0.1, 0.15) is 0 Å². The summed E-state index contributed by atoms with van der Waals surface area (Å²) in [5.41, 5.74) is 0.786. The van der Waals surface area contributed by atoms with Crippen molar-refractivity contribution in [3.8, 4) is 0 Å². The van der Waals surface area contributed by atoms with E-state index in [9.17, 15) is 4.79 Å². The molecule has 0 spiro atoms. The van der Waals surface area contributed by atoms with E-state index in [0.717, 1.165) is 10.5 Å². The van der Waals surface area contributed by atoms with Crippen molar-refractivity contribution in [2.75, 3.05) is 0 Å². The maximum absolute atomic E-state index is 10.7. The summed E-state index contributed by atoms with van der Waals surface area (Å²) in [4.78, 5) is 11.7. The van der Waals surface area contributed by atoms with Gasteiger partial charge in [-0.3, -0.25) is 4.79 Å². The summed E-state index contributed by atoms with van der Waals surface area (Å²) >= 11 is 7.49. The van der Waals surface area contributed by atoms with Gasteiger partial charge in [0.2, 0.25) is 0 Å². The molecule has 2 nitrogen and oxygen atoms in total. The molecule has 1 rings (SSSR count). The minimum absolute atomic E-state index is 0.0234. The average molecular weight is 245 g/mol. The Morgan fingerprint density at radius 1 is 1.53 bits per heavy atom. The summed E-state index contributed by atoms with van der Waals surface area (Å²) in [5, 5.41) is 9.78. The second-order valence-electron chi connectivity index (χ2n) is 3.49. The highest BCUT2D eigenvalue weighted by atomic mass is 35.5. The summed E-state index contributed by atoms with van der Waals surface area (Å²) in [6, 6.07) is 5.39. The molecule has 1 aromatic rings. The molecule has 15 heavy (non-hydrogen) atoms. The SMILES string of the molecule is CC(C)Sc1ccc(Cl)cc1CC(=O)O. The van der Waals surface area contributed by atoms with E-state index < -0.39 is 5.97 Å². The van der Waals surface area contributed by atoms with Gasteiger partial charge in [0.25, 0.3) is 0 Å². The predicted molar refractivity (Wildman–Crippen MR) is 63.8 cm³/mol. The fourth-order valence-corrected chi connectivity index (χ4v) is 2.35. The minimum Gasteiger partial charge on any atom is -0.481 e. The van der Waals surface area contributed by atoms with Gasteiger partial charge in [-0.05, 0) is 23.8 Å². The van der Waals surface area contributed by atoms with Gasteiger partial charge in [0, 0.05) is 15.2 Å². The largest absolute Gasteiger partial charge is 0.481 e. The zero-order chi connectivity index (χ0) is 11.4. The molecule has 0 aliphatic heterocycles. The van der Waals surface area contributed by atoms with E-state index in [1.165, 1.54) is 0 Å². The molecule has 0 atom stereocenters. The first kappa shape index (κ1) is 12.4. The van der Waals surface area contributed by atoms with Gasteiger partial charge >= 0.3 is 5.97 Å². The van der Waals surface area contributed by atoms with E-state index in [0.29, 0.717) is 10.3 Å². The third-order valence-corrected chi connectivity index (χ3v) is 3.09. The number of thioether (sulfide) groups is 1. The van der Waals surface area contributed by atoms with Crippen molar-refractivity contribution >= 4 is 29.3 Å². The Hall–Kier alpha value is -0.670. The molecule has 1 aromatic carbocycles. The zero-order valence-corrected chi connectivity index (χ0v) is 10.2. The van der Waals surface area contributed by atoms with Gasteiger partial charge in [-0.1, -0.05) is 25.4 Å². The molecule has 4 heteroatoms. The summed E-state index contributed by atoms with van der Waals surface area (Å²) in [5.74, 6) is -0.831. The van der Waals surface area contributed by atoms with Crippen molar-refractivity contribution in [2.45, 2.75) is 30.4 Å². The van der Waals surface area contributed by atoms with E-state index in [4.69, 9.17) is 16.7 Å². The highest BCUT2D eigenvalue weighted by molar-refractivity contribution is 8.00. The molecule has 0 amide bonds. The number of rotatable bonds is 4. The zero-order valence-electron chi connectivity index (χ0n) is 8.66. The van der Waals surface area contributed by atoms with Crippen LogP contribution in [0.25, 0.3) is 0 Å². The number of aliphatic carboxylic acids is 1. The molecule has 0 saturated carbocycles. The topological polar surface area (TPSA) is 37.3 Å². The van der Waals surface area contributed by atoms with E-state index in [2.05, 4.69) is 13.8 Å². The van der Waals surface area contributed by atoms with Crippen LogP contribution in [0.5, 0.6) is 0 Å². The van der Waals surface area contributed by atoms with E-state index in [1.54, 1.807) is 23.9 Å². The first-order chi connectivity index (χ1) is 6.99. The van der Waals surface area contributed by atoms with Crippen molar-refractivity contribution in [3.05, 3.63) is 28.8 Å². The number of carboxylic acids is 1. The minimum atomic E-state index is -0.831. The molecule has 0 radical (unpaired) electrons. The third-order valence-electron chi connectivity index (χ3n) is 1.73. The Kier molecular flexibility index (Phi) is 4.48. The van der Waals surface area contributed by atoms with Crippen molar-refractivity contribution in [1.29, 1.82) is 0 Å². The van der Waals surface area contributed by atoms with Gasteiger partial charge in [0.05, 0.1) is 6.42 Å². The van der Waals surface area contributed by atoms with Crippen LogP contribution in [0, 0.1) is 0 Å². The maximum Gasteiger partial charge on any atom is 0.307 e. The lowest BCUT2D eigenvalue weighted by atomic mass is 10.1. The van der Waals surface area contributed by atoms with Crippen LogP contribution in [0.15, 0.2) is 23.1 Å². The van der Waals surface area contributed by atoms with Crippen LogP contribution < -0.4 is 0 Å². The van der Waals surface area contributed by atoms with Gasteiger partial charge < -0.3 is 5.11 Å². The molecular weight excluding hydrogens is 232 g/mol. The highest BCUT2D eigenvalue weighted by Crippen LogP contribution is 2.29. The number of halogens is 1. The third kappa shape index (κ3) is 4.14. The Labute approximate surface area is 98.6 Å². The van der Waals surface area contributed by atoms with Crippen molar-refractivity contribution in [1.82, 2.24) is 0 Å². The molecule has 0 saturated heterocycles. The number of hydrogen-bond donors (Lipinski definition) is 1. The second kappa shape index (κ2) is 5.42. The lowest BCUT2D eigenvalue weighted by Gasteiger charge is -2.10. The van der Waals surface area contributed by atoms with Crippen LogP contribution in [-0.2, 0) is 11.2 Å². The monoisotopic (exact) mass is 244 g/mol. The second-order valence-corrected chi connectivity index (χ2v) is 5.54. The fourth-order valence-electron chi connectivity index (χ4n) is 1.22. The number of carbonyl (C=O) groups is 1. The molecular formula is C11H13ClO2S. The first-order valence-electron chi connectivity index (χ1n) is 4.66. The average Bonchev–Trinajstić information content (AvgIpc) is 2.08. The molecule has 0 bridgehead atoms. The summed E-state index contributed by atoms with van der Waals surface area (Å²) < 4.78 is 0. The smallest absolute Gasteiger partial charge is 0.307 e. The maximum atomic E-state index is 10.7. The van der Waals surface area contributed by atoms with Crippen LogP contribution in [0.4, 0.5) is 0 Å². The van der Waals surface area contributed by atoms with Crippen LogP contribution in [0.3, 0.4) is 0 Å². The van der Waals surface area contributed by atoms with Crippen LogP contribution in [-0.4, -0.2) is 16.3 Å². The van der Waals surface area contributed by atoms with E-state index in [1.807, 2.05) is 6.07 Å². The standard InChI is InChI=1S/C11H13ClO2S/c1-7(2)15-10-4-3-9(12)5-8(10)6-11(13)14/h3-5,7H,6H2,1-2H3,(H,13,14). The quantitative estimate of drug-likeness (QED) is 0.825. The van der Waals surface area contributed by atoms with E-state index in [-0.39, 0.29) is 6.42 Å². The Bertz CT molecular complexity index is 364. The molecule has 0 aromatic heterocycles. The van der Waals surface area contributed by atoms with Crippen LogP contribution >= 0.6 is 23.4 Å². The van der Waals surface area contributed by atoms with Gasteiger partial charge in [-0.2, -0.15) is 0 Å². The van der Waals surface area contributed by atoms with Gasteiger partial charge in [-0.25, -0.2) is 0 Å². The molecule has 0 fully saturated rings. The lowest BCUT2D eigenvalue weighted by molar-refractivity contribution is -0.136. The van der Waals surface area contributed by atoms with Crippen molar-refractivity contribution in [3.63, 3.8) is 0 Å². The number of benzene rings is 1. The van der Waals surface area contributed by atoms with Crippen molar-refractivity contribution in [2.24, 2.45) is 0 Å². The lowest BCUT2D eigenvalue weighted by Crippen LogP contribution is -2.02. The van der Waals surface area contributed by atoms with Crippen LogP contribution in [0.1, 0.15) is 19.4 Å². The molecule has 0 aliphatic carbocycles. The summed E-state index contributed by atoms with van der Waals surface area (Å²) in [6.45, 7) is 4.15. The van der Waals surface area contributed by atoms with Gasteiger partial charge in [0.15, 0.2) is 0 Å². The molecule has 1 N–H and O–H groups in total. The van der Waals surface area contributed by atoms with E-state index >= 15 is 0 Å². The summed E-state index contributed by atoms with van der Waals surface area (Å²) in [6.07, 6.45) is 0.0234. The Morgan fingerprint density at radius 2 is 2.20 bits per heavy atom. The normalized spacial score (nSPS) is 10.7. The molecule has 0 unspecified atom stereocenters. The first-order valence-corrected chi connectivity index (χ1v) is 5.91. The highest BCUT2D eigenvalue weighted by Gasteiger charge is 2.09. The Balaban J connectivity index is 2.97. The molecule has 0 aliphatic rings. The number of carboxylic acid groups (broad SMARTS) is 1. The van der Waals surface area contributed by atoms with Gasteiger partial charge in [-0.15, -0.1) is 11.8 Å². The molecule has 82 valence electrons. The molecule has 0 heterocycles. The predicted octanol–water partition coefficient (Wildman–Crippen LogP) is 3.47. The summed E-state index contributed by atoms with van der Waals surface area (Å²) in [7, 11) is 0. The fraction of sp³-hybridized carbons (Fsp3) is 0.364. The Morgan fingerprint density at radius 3 is 2.73 bits per heavy atom.